The van der Waals surface area contributed by atoms with Crippen molar-refractivity contribution in [3.8, 4) is 0 Å². The molecule has 1 aromatic rings. The van der Waals surface area contributed by atoms with E-state index in [2.05, 4.69) is 5.32 Å². The number of ether oxygens (including phenoxy) is 1. The molecule has 0 saturated carbocycles. The summed E-state index contributed by atoms with van der Waals surface area (Å²) in [5.41, 5.74) is 0.801. The first-order valence-corrected chi connectivity index (χ1v) is 10.1. The Balaban J connectivity index is 1.97. The van der Waals surface area contributed by atoms with Gasteiger partial charge in [-0.15, -0.1) is 0 Å². The summed E-state index contributed by atoms with van der Waals surface area (Å²) >= 11 is 0. The van der Waals surface area contributed by atoms with Gasteiger partial charge >= 0.3 is 0 Å². The molecule has 0 unspecified atom stereocenters. The van der Waals surface area contributed by atoms with Crippen LogP contribution in [0.4, 0.5) is 0 Å². The Morgan fingerprint density at radius 2 is 1.88 bits per heavy atom. The molecule has 0 radical (unpaired) electrons. The highest BCUT2D eigenvalue weighted by Gasteiger charge is 2.35. The topological polar surface area (TPSA) is 75.7 Å². The van der Waals surface area contributed by atoms with Gasteiger partial charge in [0.05, 0.1) is 25.0 Å². The first kappa shape index (κ1) is 19.9. The minimum atomic E-state index is -3.33. The molecular weight excluding hydrogens is 340 g/mol. The number of carbonyl (C=O) groups excluding carboxylic acids is 1. The molecule has 1 aliphatic rings. The Kier molecular flexibility index (Phi) is 6.24. The van der Waals surface area contributed by atoms with E-state index in [1.807, 2.05) is 44.2 Å². The Labute approximate surface area is 150 Å². The van der Waals surface area contributed by atoms with Crippen molar-refractivity contribution in [1.29, 1.82) is 0 Å². The van der Waals surface area contributed by atoms with Crippen molar-refractivity contribution in [3.05, 3.63) is 35.9 Å². The zero-order valence-electron chi connectivity index (χ0n) is 15.4. The van der Waals surface area contributed by atoms with Crippen LogP contribution >= 0.6 is 0 Å². The number of hydrogen-bond acceptors (Lipinski definition) is 4. The molecule has 6 nitrogen and oxygen atoms in total. The van der Waals surface area contributed by atoms with E-state index < -0.39 is 10.0 Å². The van der Waals surface area contributed by atoms with E-state index in [1.165, 1.54) is 18.4 Å². The van der Waals surface area contributed by atoms with Gasteiger partial charge < -0.3 is 10.1 Å². The maximum absolute atomic E-state index is 12.5. The second-order valence-corrected chi connectivity index (χ2v) is 9.69. The molecule has 0 aliphatic carbocycles. The van der Waals surface area contributed by atoms with Crippen molar-refractivity contribution < 1.29 is 17.9 Å². The lowest BCUT2D eigenvalue weighted by molar-refractivity contribution is -0.123. The summed E-state index contributed by atoms with van der Waals surface area (Å²) in [5, 5.41) is 2.97. The molecule has 0 spiro atoms. The first-order chi connectivity index (χ1) is 11.6. The van der Waals surface area contributed by atoms with Gasteiger partial charge in [0.25, 0.3) is 0 Å². The molecule has 7 heteroatoms. The first-order valence-electron chi connectivity index (χ1n) is 8.45. The van der Waals surface area contributed by atoms with Crippen LogP contribution in [0, 0.1) is 5.92 Å². The highest BCUT2D eigenvalue weighted by Crippen LogP contribution is 2.27. The molecule has 1 amide bonds. The Bertz CT molecular complexity index is 686. The molecule has 1 aliphatic heterocycles. The molecule has 1 aromatic carbocycles. The van der Waals surface area contributed by atoms with Gasteiger partial charge in [-0.2, -0.15) is 0 Å². The fourth-order valence-corrected chi connectivity index (χ4v) is 4.16. The second kappa shape index (κ2) is 7.85. The molecule has 2 rings (SSSR count). The quantitative estimate of drug-likeness (QED) is 0.789. The number of nitrogens with one attached hydrogen (secondary N) is 1. The molecule has 1 N–H and O–H groups in total. The van der Waals surface area contributed by atoms with Crippen LogP contribution in [-0.4, -0.2) is 57.7 Å². The summed E-state index contributed by atoms with van der Waals surface area (Å²) in [4.78, 5) is 12.5. The van der Waals surface area contributed by atoms with E-state index in [0.29, 0.717) is 19.6 Å². The van der Waals surface area contributed by atoms with Crippen LogP contribution in [0.15, 0.2) is 30.3 Å². The number of carbonyl (C=O) groups is 1. The predicted octanol–water partition coefficient (Wildman–Crippen LogP) is 1.38. The monoisotopic (exact) mass is 368 g/mol. The van der Waals surface area contributed by atoms with Gasteiger partial charge in [-0.1, -0.05) is 44.2 Å². The van der Waals surface area contributed by atoms with E-state index >= 15 is 0 Å². The van der Waals surface area contributed by atoms with Gasteiger partial charge in [0.15, 0.2) is 0 Å². The van der Waals surface area contributed by atoms with Crippen LogP contribution in [0.1, 0.15) is 25.8 Å². The number of amides is 1. The minimum absolute atomic E-state index is 0.0208. The molecule has 140 valence electrons. The van der Waals surface area contributed by atoms with Gasteiger partial charge in [0.2, 0.25) is 15.9 Å². The predicted molar refractivity (Wildman–Crippen MR) is 97.8 cm³/mol. The van der Waals surface area contributed by atoms with Crippen molar-refractivity contribution in [2.45, 2.75) is 31.7 Å². The largest absolute Gasteiger partial charge is 0.379 e. The maximum Gasteiger partial charge on any atom is 0.221 e. The fourth-order valence-electron chi connectivity index (χ4n) is 2.99. The van der Waals surface area contributed by atoms with Crippen molar-refractivity contribution >= 4 is 15.9 Å². The summed E-state index contributed by atoms with van der Waals surface area (Å²) < 4.78 is 30.8. The lowest BCUT2D eigenvalue weighted by Crippen LogP contribution is -2.45. The summed E-state index contributed by atoms with van der Waals surface area (Å²) in [6.45, 7) is 4.76. The van der Waals surface area contributed by atoms with Crippen LogP contribution in [-0.2, 0) is 25.0 Å². The number of benzene rings is 1. The Morgan fingerprint density at radius 3 is 2.48 bits per heavy atom. The fraction of sp³-hybridized carbons (Fsp3) is 0.611. The maximum atomic E-state index is 12.5. The zero-order chi connectivity index (χ0) is 18.7. The van der Waals surface area contributed by atoms with Crippen LogP contribution in [0.25, 0.3) is 0 Å². The van der Waals surface area contributed by atoms with Gasteiger partial charge in [0.1, 0.15) is 0 Å². The molecular formula is C18H28N2O4S. The van der Waals surface area contributed by atoms with Gasteiger partial charge in [-0.05, 0) is 11.0 Å². The number of nitrogens with zero attached hydrogens (tertiary/aromatic N) is 1. The molecule has 1 heterocycles. The van der Waals surface area contributed by atoms with E-state index in [4.69, 9.17) is 4.74 Å². The number of rotatable bonds is 7. The van der Waals surface area contributed by atoms with Gasteiger partial charge in [0, 0.05) is 26.4 Å². The average molecular weight is 368 g/mol. The standard InChI is InChI=1S/C18H28N2O4S/c1-18(2,15-8-6-5-7-9-15)10-17(21)19-16-12-24-11-14(16)13-25(22,23)20(3)4/h5-9,14,16H,10-13H2,1-4H3,(H,19,21)/t14-,16+/m0/s1. The van der Waals surface area contributed by atoms with Crippen LogP contribution in [0.3, 0.4) is 0 Å². The molecule has 0 bridgehead atoms. The third-order valence-corrected chi connectivity index (χ3v) is 6.65. The van der Waals surface area contributed by atoms with E-state index in [-0.39, 0.29) is 29.0 Å². The minimum Gasteiger partial charge on any atom is -0.379 e. The molecule has 0 aromatic heterocycles. The zero-order valence-corrected chi connectivity index (χ0v) is 16.2. The Morgan fingerprint density at radius 1 is 1.24 bits per heavy atom. The van der Waals surface area contributed by atoms with Crippen molar-refractivity contribution in [1.82, 2.24) is 9.62 Å². The van der Waals surface area contributed by atoms with E-state index in [9.17, 15) is 13.2 Å². The third-order valence-electron chi connectivity index (χ3n) is 4.68. The van der Waals surface area contributed by atoms with E-state index in [1.54, 1.807) is 0 Å². The molecule has 1 fully saturated rings. The van der Waals surface area contributed by atoms with Crippen LogP contribution < -0.4 is 5.32 Å². The lowest BCUT2D eigenvalue weighted by Gasteiger charge is -2.27. The van der Waals surface area contributed by atoms with E-state index in [0.717, 1.165) is 5.56 Å². The summed E-state index contributed by atoms with van der Waals surface area (Å²) in [7, 11) is -0.296. The smallest absolute Gasteiger partial charge is 0.221 e. The highest BCUT2D eigenvalue weighted by molar-refractivity contribution is 7.89. The molecule has 1 saturated heterocycles. The summed E-state index contributed by atoms with van der Waals surface area (Å²) in [6.07, 6.45) is 0.334. The van der Waals surface area contributed by atoms with Crippen molar-refractivity contribution in [2.75, 3.05) is 33.1 Å². The van der Waals surface area contributed by atoms with Crippen molar-refractivity contribution in [2.24, 2.45) is 5.92 Å². The van der Waals surface area contributed by atoms with Crippen LogP contribution in [0.2, 0.25) is 0 Å². The number of hydrogen-bond donors (Lipinski definition) is 1. The normalized spacial score (nSPS) is 21.5. The highest BCUT2D eigenvalue weighted by atomic mass is 32.2. The SMILES string of the molecule is CN(C)S(=O)(=O)C[C@@H]1COC[C@H]1NC(=O)CC(C)(C)c1ccccc1. The van der Waals surface area contributed by atoms with Gasteiger partial charge in [-0.25, -0.2) is 12.7 Å². The third kappa shape index (κ3) is 5.26. The summed E-state index contributed by atoms with van der Waals surface area (Å²) in [6, 6.07) is 9.63. The average Bonchev–Trinajstić information content (AvgIpc) is 2.93. The lowest BCUT2D eigenvalue weighted by atomic mass is 9.81. The Hall–Kier alpha value is -1.44. The molecule has 2 atom stereocenters. The van der Waals surface area contributed by atoms with Crippen LogP contribution in [0.5, 0.6) is 0 Å². The van der Waals surface area contributed by atoms with Gasteiger partial charge in [-0.3, -0.25) is 4.79 Å². The van der Waals surface area contributed by atoms with Crippen molar-refractivity contribution in [3.63, 3.8) is 0 Å². The summed E-state index contributed by atoms with van der Waals surface area (Å²) in [5.74, 6) is -0.333. The number of sulfonamides is 1. The second-order valence-electron chi connectivity index (χ2n) is 7.46. The molecule has 25 heavy (non-hydrogen) atoms.